The van der Waals surface area contributed by atoms with Crippen LogP contribution in [0.4, 0.5) is 0 Å². The number of nitrogens with one attached hydrogen (secondary N) is 1. The van der Waals surface area contributed by atoms with Crippen LogP contribution in [0.2, 0.25) is 0 Å². The summed E-state index contributed by atoms with van der Waals surface area (Å²) in [4.78, 5) is 13.3. The molecule has 0 saturated heterocycles. The van der Waals surface area contributed by atoms with Gasteiger partial charge in [0.15, 0.2) is 5.60 Å². The normalized spacial score (nSPS) is 13.2. The van der Waals surface area contributed by atoms with E-state index in [1.807, 2.05) is 41.1 Å². The standard InChI is InChI=1S/C21H17NO3S2/c23-20(16-7-5-15(6-8-16)17-9-12-26-13-17)22-14-21(24,18-3-1-10-25-18)19-4-2-11-27-19/h1-13,24H,14H2,(H,22,23)/t21-/m1/s1. The first-order chi connectivity index (χ1) is 13.2. The summed E-state index contributed by atoms with van der Waals surface area (Å²) >= 11 is 3.05. The van der Waals surface area contributed by atoms with Crippen LogP contribution < -0.4 is 5.32 Å². The van der Waals surface area contributed by atoms with Crippen molar-refractivity contribution in [3.63, 3.8) is 0 Å². The number of amides is 1. The molecule has 1 amide bonds. The Kier molecular flexibility index (Phi) is 4.94. The van der Waals surface area contributed by atoms with Gasteiger partial charge in [0.25, 0.3) is 5.91 Å². The van der Waals surface area contributed by atoms with Crippen LogP contribution in [-0.2, 0) is 5.60 Å². The van der Waals surface area contributed by atoms with E-state index in [0.717, 1.165) is 11.1 Å². The molecule has 4 nitrogen and oxygen atoms in total. The van der Waals surface area contributed by atoms with Crippen molar-refractivity contribution < 1.29 is 14.3 Å². The Hall–Kier alpha value is -2.67. The monoisotopic (exact) mass is 395 g/mol. The molecule has 0 spiro atoms. The van der Waals surface area contributed by atoms with Crippen LogP contribution in [0, 0.1) is 0 Å². The maximum absolute atomic E-state index is 12.6. The van der Waals surface area contributed by atoms with Crippen LogP contribution in [-0.4, -0.2) is 17.6 Å². The number of carbonyl (C=O) groups excluding carboxylic acids is 1. The Bertz CT molecular complexity index is 954. The molecule has 0 saturated carbocycles. The van der Waals surface area contributed by atoms with E-state index in [1.165, 1.54) is 17.6 Å². The zero-order valence-electron chi connectivity index (χ0n) is 14.3. The van der Waals surface area contributed by atoms with Crippen molar-refractivity contribution in [2.75, 3.05) is 6.54 Å². The largest absolute Gasteiger partial charge is 0.466 e. The Morgan fingerprint density at radius 2 is 1.89 bits per heavy atom. The van der Waals surface area contributed by atoms with Crippen LogP contribution in [0.1, 0.15) is 21.0 Å². The molecule has 4 aromatic rings. The molecule has 27 heavy (non-hydrogen) atoms. The van der Waals surface area contributed by atoms with Crippen molar-refractivity contribution >= 4 is 28.6 Å². The lowest BCUT2D eigenvalue weighted by molar-refractivity contribution is 0.0554. The van der Waals surface area contributed by atoms with E-state index in [9.17, 15) is 9.90 Å². The smallest absolute Gasteiger partial charge is 0.251 e. The van der Waals surface area contributed by atoms with Gasteiger partial charge in [-0.25, -0.2) is 0 Å². The quantitative estimate of drug-likeness (QED) is 0.496. The van der Waals surface area contributed by atoms with Gasteiger partial charge in [-0.2, -0.15) is 11.3 Å². The highest BCUT2D eigenvalue weighted by atomic mass is 32.1. The Labute approximate surface area is 164 Å². The summed E-state index contributed by atoms with van der Waals surface area (Å²) in [6.45, 7) is 0.0200. The maximum atomic E-state index is 12.6. The minimum absolute atomic E-state index is 0.0200. The zero-order chi connectivity index (χ0) is 18.7. The van der Waals surface area contributed by atoms with Gasteiger partial charge in [0, 0.05) is 10.4 Å². The summed E-state index contributed by atoms with van der Waals surface area (Å²) in [6.07, 6.45) is 1.51. The molecule has 0 aliphatic heterocycles. The van der Waals surface area contributed by atoms with E-state index in [4.69, 9.17) is 4.42 Å². The van der Waals surface area contributed by atoms with Crippen molar-refractivity contribution in [2.45, 2.75) is 5.60 Å². The third-order valence-corrected chi connectivity index (χ3v) is 6.07. The number of aliphatic hydroxyl groups is 1. The molecular formula is C21H17NO3S2. The fraction of sp³-hybridized carbons (Fsp3) is 0.0952. The minimum Gasteiger partial charge on any atom is -0.466 e. The van der Waals surface area contributed by atoms with E-state index >= 15 is 0 Å². The molecule has 2 N–H and O–H groups in total. The van der Waals surface area contributed by atoms with E-state index in [0.29, 0.717) is 16.2 Å². The number of rotatable bonds is 6. The van der Waals surface area contributed by atoms with Crippen molar-refractivity contribution in [1.29, 1.82) is 0 Å². The highest BCUT2D eigenvalue weighted by molar-refractivity contribution is 7.10. The molecule has 1 atom stereocenters. The molecule has 0 bridgehead atoms. The van der Waals surface area contributed by atoms with E-state index in [2.05, 4.69) is 10.7 Å². The molecule has 3 heterocycles. The second kappa shape index (κ2) is 7.52. The fourth-order valence-corrected chi connectivity index (χ4v) is 4.37. The van der Waals surface area contributed by atoms with Gasteiger partial charge >= 0.3 is 0 Å². The van der Waals surface area contributed by atoms with Crippen molar-refractivity contribution in [2.24, 2.45) is 0 Å². The number of hydrogen-bond donors (Lipinski definition) is 2. The molecular weight excluding hydrogens is 378 g/mol. The topological polar surface area (TPSA) is 62.5 Å². The summed E-state index contributed by atoms with van der Waals surface area (Å²) in [7, 11) is 0. The fourth-order valence-electron chi connectivity index (χ4n) is 2.88. The molecule has 6 heteroatoms. The highest BCUT2D eigenvalue weighted by Crippen LogP contribution is 2.32. The molecule has 4 rings (SSSR count). The van der Waals surface area contributed by atoms with Gasteiger partial charge in [-0.1, -0.05) is 18.2 Å². The predicted octanol–water partition coefficient (Wildman–Crippen LogP) is 4.74. The van der Waals surface area contributed by atoms with Crippen molar-refractivity contribution in [3.8, 4) is 11.1 Å². The summed E-state index contributed by atoms with van der Waals surface area (Å²) in [5.41, 5.74) is 1.35. The summed E-state index contributed by atoms with van der Waals surface area (Å²) < 4.78 is 5.42. The molecule has 0 radical (unpaired) electrons. The first kappa shape index (κ1) is 17.7. The molecule has 136 valence electrons. The number of carbonyl (C=O) groups is 1. The second-order valence-corrected chi connectivity index (χ2v) is 7.81. The average molecular weight is 396 g/mol. The van der Waals surface area contributed by atoms with Crippen LogP contribution in [0.25, 0.3) is 11.1 Å². The summed E-state index contributed by atoms with van der Waals surface area (Å²) in [5.74, 6) is 0.159. The summed E-state index contributed by atoms with van der Waals surface area (Å²) in [6, 6.07) is 16.6. The molecule has 0 unspecified atom stereocenters. The zero-order valence-corrected chi connectivity index (χ0v) is 15.9. The maximum Gasteiger partial charge on any atom is 0.251 e. The number of thiophene rings is 2. The van der Waals surface area contributed by atoms with Crippen LogP contribution in [0.3, 0.4) is 0 Å². The number of furan rings is 1. The van der Waals surface area contributed by atoms with E-state index in [1.54, 1.807) is 35.6 Å². The minimum atomic E-state index is -1.40. The van der Waals surface area contributed by atoms with Crippen LogP contribution >= 0.6 is 22.7 Å². The van der Waals surface area contributed by atoms with Crippen LogP contribution in [0.15, 0.2) is 81.4 Å². The lowest BCUT2D eigenvalue weighted by Gasteiger charge is -2.25. The highest BCUT2D eigenvalue weighted by Gasteiger charge is 2.36. The third-order valence-electron chi connectivity index (χ3n) is 4.36. The van der Waals surface area contributed by atoms with Gasteiger partial charge in [0.1, 0.15) is 5.76 Å². The van der Waals surface area contributed by atoms with Gasteiger partial charge < -0.3 is 14.8 Å². The molecule has 0 aliphatic carbocycles. The lowest BCUT2D eigenvalue weighted by Crippen LogP contribution is -2.41. The Balaban J connectivity index is 1.50. The van der Waals surface area contributed by atoms with Crippen molar-refractivity contribution in [3.05, 3.63) is 93.2 Å². The van der Waals surface area contributed by atoms with Gasteiger partial charge in [-0.05, 0) is 63.7 Å². The van der Waals surface area contributed by atoms with Gasteiger partial charge in [-0.15, -0.1) is 11.3 Å². The summed E-state index contributed by atoms with van der Waals surface area (Å²) in [5, 5.41) is 20.0. The Morgan fingerprint density at radius 1 is 1.04 bits per heavy atom. The molecule has 1 aromatic carbocycles. The SMILES string of the molecule is O=C(NC[C@@](O)(c1ccco1)c1cccs1)c1ccc(-c2ccsc2)cc1. The Morgan fingerprint density at radius 3 is 2.52 bits per heavy atom. The van der Waals surface area contributed by atoms with Crippen molar-refractivity contribution in [1.82, 2.24) is 5.32 Å². The van der Waals surface area contributed by atoms with Gasteiger partial charge in [0.2, 0.25) is 0 Å². The van der Waals surface area contributed by atoms with Gasteiger partial charge in [0.05, 0.1) is 12.8 Å². The van der Waals surface area contributed by atoms with Gasteiger partial charge in [-0.3, -0.25) is 4.79 Å². The molecule has 3 aromatic heterocycles. The van der Waals surface area contributed by atoms with E-state index in [-0.39, 0.29) is 12.5 Å². The predicted molar refractivity (Wildman–Crippen MR) is 108 cm³/mol. The number of benzene rings is 1. The second-order valence-electron chi connectivity index (χ2n) is 6.09. The number of hydrogen-bond acceptors (Lipinski definition) is 5. The third kappa shape index (κ3) is 3.60. The van der Waals surface area contributed by atoms with Crippen LogP contribution in [0.5, 0.6) is 0 Å². The van der Waals surface area contributed by atoms with E-state index < -0.39 is 5.60 Å². The lowest BCUT2D eigenvalue weighted by atomic mass is 9.98. The molecule has 0 fully saturated rings. The first-order valence-electron chi connectivity index (χ1n) is 8.38. The average Bonchev–Trinajstić information content (AvgIpc) is 3.47. The molecule has 0 aliphatic rings. The first-order valence-corrected chi connectivity index (χ1v) is 10.2.